The Morgan fingerprint density at radius 2 is 2.15 bits per heavy atom. The lowest BCUT2D eigenvalue weighted by molar-refractivity contribution is -0.156. The number of rotatable bonds is 9. The van der Waals surface area contributed by atoms with E-state index in [0.29, 0.717) is 48.6 Å². The quantitative estimate of drug-likeness (QED) is 0.341. The van der Waals surface area contributed by atoms with E-state index in [-0.39, 0.29) is 31.3 Å². The van der Waals surface area contributed by atoms with Gasteiger partial charge in [-0.15, -0.1) is 0 Å². The van der Waals surface area contributed by atoms with Gasteiger partial charge in [0.25, 0.3) is 0 Å². The number of amides is 1. The molecule has 0 saturated carbocycles. The Morgan fingerprint density at radius 1 is 1.33 bits per heavy atom. The molecule has 11 heteroatoms. The molecule has 2 aromatic rings. The molecule has 0 spiro atoms. The third kappa shape index (κ3) is 4.58. The number of aromatic amines is 1. The topological polar surface area (TPSA) is 152 Å². The SMILES string of the molecule is COc1ccc2c(c1OC)[C@@]13CCN(C)[C@@H](C2)[C@@]1(O)CC=C(OC(=O)[C@H](Cc1cnc[nH]1)NC(=O)CCN)C3. The van der Waals surface area contributed by atoms with Crippen LogP contribution in [0.2, 0.25) is 0 Å². The summed E-state index contributed by atoms with van der Waals surface area (Å²) in [6.45, 7) is 0.940. The van der Waals surface area contributed by atoms with Crippen LogP contribution in [0.3, 0.4) is 0 Å². The number of nitrogens with zero attached hydrogens (tertiary/aromatic N) is 2. The van der Waals surface area contributed by atoms with E-state index in [1.165, 1.54) is 6.33 Å². The van der Waals surface area contributed by atoms with E-state index in [1.54, 1.807) is 20.4 Å². The second kappa shape index (κ2) is 10.6. The maximum absolute atomic E-state index is 13.5. The van der Waals surface area contributed by atoms with E-state index in [1.807, 2.05) is 25.3 Å². The van der Waals surface area contributed by atoms with Gasteiger partial charge in [-0.05, 0) is 44.1 Å². The summed E-state index contributed by atoms with van der Waals surface area (Å²) in [4.78, 5) is 35.0. The van der Waals surface area contributed by atoms with Crippen molar-refractivity contribution in [3.8, 4) is 11.5 Å². The van der Waals surface area contributed by atoms with Crippen molar-refractivity contribution in [1.82, 2.24) is 20.2 Å². The Hall–Kier alpha value is -3.41. The summed E-state index contributed by atoms with van der Waals surface area (Å²) in [6, 6.07) is 2.91. The number of carbonyl (C=O) groups excluding carboxylic acids is 2. The van der Waals surface area contributed by atoms with Crippen LogP contribution in [0, 0.1) is 0 Å². The van der Waals surface area contributed by atoms with Crippen LogP contribution >= 0.6 is 0 Å². The minimum absolute atomic E-state index is 0.0961. The molecule has 5 rings (SSSR count). The van der Waals surface area contributed by atoms with Crippen molar-refractivity contribution in [3.63, 3.8) is 0 Å². The van der Waals surface area contributed by atoms with Gasteiger partial charge in [-0.2, -0.15) is 0 Å². The molecule has 2 heterocycles. The number of benzene rings is 1. The van der Waals surface area contributed by atoms with Gasteiger partial charge in [0.15, 0.2) is 11.5 Å². The molecule has 1 saturated heterocycles. The van der Waals surface area contributed by atoms with Crippen LogP contribution in [0.25, 0.3) is 0 Å². The fourth-order valence-corrected chi connectivity index (χ4v) is 6.75. The van der Waals surface area contributed by atoms with Crippen LogP contribution in [0.15, 0.2) is 36.5 Å². The highest BCUT2D eigenvalue weighted by Gasteiger charge is 2.64. The molecule has 1 aliphatic heterocycles. The maximum atomic E-state index is 13.5. The van der Waals surface area contributed by atoms with Crippen molar-refractivity contribution >= 4 is 11.9 Å². The highest BCUT2D eigenvalue weighted by molar-refractivity contribution is 5.85. The lowest BCUT2D eigenvalue weighted by Gasteiger charge is -2.62. The Bertz CT molecular complexity index is 1260. The second-order valence-corrected chi connectivity index (χ2v) is 10.7. The molecule has 0 unspecified atom stereocenters. The van der Waals surface area contributed by atoms with Gasteiger partial charge in [0.05, 0.1) is 26.1 Å². The molecule has 2 bridgehead atoms. The normalized spacial score (nSPS) is 26.5. The second-order valence-electron chi connectivity index (χ2n) is 10.7. The number of H-pyrrole nitrogens is 1. The monoisotopic (exact) mass is 539 g/mol. The number of likely N-dealkylation sites (N-methyl/N-ethyl adjacent to an activating group) is 1. The van der Waals surface area contributed by atoms with Crippen molar-refractivity contribution in [2.24, 2.45) is 5.73 Å². The van der Waals surface area contributed by atoms with Crippen molar-refractivity contribution in [2.75, 3.05) is 34.4 Å². The number of aromatic nitrogens is 2. The molecule has 1 aromatic heterocycles. The molecule has 1 aromatic carbocycles. The maximum Gasteiger partial charge on any atom is 0.334 e. The molecular formula is C28H37N5O6. The first kappa shape index (κ1) is 27.2. The van der Waals surface area contributed by atoms with Gasteiger partial charge >= 0.3 is 5.97 Å². The van der Waals surface area contributed by atoms with Crippen molar-refractivity contribution in [3.05, 3.63) is 53.3 Å². The van der Waals surface area contributed by atoms with Gasteiger partial charge in [-0.25, -0.2) is 9.78 Å². The summed E-state index contributed by atoms with van der Waals surface area (Å²) in [5.41, 5.74) is 6.39. The zero-order valence-electron chi connectivity index (χ0n) is 22.7. The van der Waals surface area contributed by atoms with Gasteiger partial charge in [0.2, 0.25) is 5.91 Å². The predicted octanol–water partition coefficient (Wildman–Crippen LogP) is 0.953. The lowest BCUT2D eigenvalue weighted by atomic mass is 9.50. The van der Waals surface area contributed by atoms with Crippen LogP contribution in [0.4, 0.5) is 0 Å². The summed E-state index contributed by atoms with van der Waals surface area (Å²) in [5.74, 6) is 0.756. The molecule has 1 fully saturated rings. The summed E-state index contributed by atoms with van der Waals surface area (Å²) in [5, 5.41) is 15.1. The smallest absolute Gasteiger partial charge is 0.334 e. The molecular weight excluding hydrogens is 502 g/mol. The van der Waals surface area contributed by atoms with Gasteiger partial charge in [-0.1, -0.05) is 6.07 Å². The molecule has 3 aliphatic rings. The standard InChI is InChI=1S/C28H37N5O6/c1-33-11-9-27-14-19(39-26(35)20(32-23(34)7-10-29)13-18-15-30-16-31-18)6-8-28(27,36)22(33)12-17-4-5-21(37-2)25(38-3)24(17)27/h4-6,15-16,20,22,36H,7-14,29H2,1-3H3,(H,30,31)(H,32,34)/t20-,22-,27-,28-/m0/s1. The zero-order chi connectivity index (χ0) is 27.8. The van der Waals surface area contributed by atoms with Crippen LogP contribution in [0.5, 0.6) is 11.5 Å². The van der Waals surface area contributed by atoms with E-state index in [0.717, 1.165) is 17.7 Å². The Balaban J connectivity index is 1.49. The third-order valence-corrected chi connectivity index (χ3v) is 8.65. The first-order chi connectivity index (χ1) is 18.8. The highest BCUT2D eigenvalue weighted by Crippen LogP contribution is 2.61. The Labute approximate surface area is 227 Å². The number of aliphatic hydroxyl groups is 1. The predicted molar refractivity (Wildman–Crippen MR) is 142 cm³/mol. The molecule has 0 radical (unpaired) electrons. The van der Waals surface area contributed by atoms with Gasteiger partial charge in [-0.3, -0.25) is 4.79 Å². The average Bonchev–Trinajstić information content (AvgIpc) is 3.43. The van der Waals surface area contributed by atoms with E-state index in [9.17, 15) is 14.7 Å². The fraction of sp³-hybridized carbons (Fsp3) is 0.536. The third-order valence-electron chi connectivity index (χ3n) is 8.65. The van der Waals surface area contributed by atoms with Crippen LogP contribution < -0.4 is 20.5 Å². The Morgan fingerprint density at radius 3 is 2.85 bits per heavy atom. The zero-order valence-corrected chi connectivity index (χ0v) is 22.7. The number of likely N-dealkylation sites (tertiary alicyclic amines) is 1. The summed E-state index contributed by atoms with van der Waals surface area (Å²) < 4.78 is 17.5. The van der Waals surface area contributed by atoms with Crippen LogP contribution in [0.1, 0.15) is 42.5 Å². The summed E-state index contributed by atoms with van der Waals surface area (Å²) in [7, 11) is 5.25. The van der Waals surface area contributed by atoms with Gasteiger partial charge in [0.1, 0.15) is 11.8 Å². The van der Waals surface area contributed by atoms with E-state index in [4.69, 9.17) is 19.9 Å². The number of fused-ring (bicyclic) bond motifs is 1. The molecule has 5 N–H and O–H groups in total. The molecule has 1 amide bonds. The van der Waals surface area contributed by atoms with E-state index >= 15 is 0 Å². The number of imidazole rings is 1. The first-order valence-corrected chi connectivity index (χ1v) is 13.3. The number of nitrogens with two attached hydrogens (primary N) is 1. The summed E-state index contributed by atoms with van der Waals surface area (Å²) in [6.07, 6.45) is 7.16. The number of ether oxygens (including phenoxy) is 3. The average molecular weight is 540 g/mol. The molecule has 2 aliphatic carbocycles. The van der Waals surface area contributed by atoms with E-state index < -0.39 is 23.0 Å². The molecule has 39 heavy (non-hydrogen) atoms. The lowest BCUT2D eigenvalue weighted by Crippen LogP contribution is -2.71. The molecule has 210 valence electrons. The minimum atomic E-state index is -1.09. The molecule has 4 atom stereocenters. The van der Waals surface area contributed by atoms with Crippen molar-refractivity contribution < 1.29 is 28.9 Å². The number of hydrogen-bond donors (Lipinski definition) is 4. The number of carbonyl (C=O) groups is 2. The Kier molecular flexibility index (Phi) is 7.41. The van der Waals surface area contributed by atoms with Crippen molar-refractivity contribution in [2.45, 2.75) is 61.6 Å². The van der Waals surface area contributed by atoms with Crippen molar-refractivity contribution in [1.29, 1.82) is 0 Å². The van der Waals surface area contributed by atoms with Gasteiger partial charge < -0.3 is 40.3 Å². The van der Waals surface area contributed by atoms with Crippen LogP contribution in [-0.2, 0) is 32.6 Å². The number of methoxy groups -OCH3 is 2. The first-order valence-electron chi connectivity index (χ1n) is 13.3. The van der Waals surface area contributed by atoms with E-state index in [2.05, 4.69) is 20.2 Å². The van der Waals surface area contributed by atoms with Gasteiger partial charge in [0, 0.05) is 61.1 Å². The number of hydrogen-bond acceptors (Lipinski definition) is 9. The molecule has 11 nitrogen and oxygen atoms in total. The summed E-state index contributed by atoms with van der Waals surface area (Å²) >= 11 is 0. The fourth-order valence-electron chi connectivity index (χ4n) is 6.75. The highest BCUT2D eigenvalue weighted by atomic mass is 16.5. The number of piperidine rings is 1. The number of nitrogens with one attached hydrogen (secondary N) is 2. The largest absolute Gasteiger partial charge is 0.493 e. The minimum Gasteiger partial charge on any atom is -0.493 e. The van der Waals surface area contributed by atoms with Crippen LogP contribution in [-0.4, -0.2) is 83.9 Å². The number of esters is 1. The number of allylic oxidation sites excluding steroid dienone is 1.